The number of benzene rings is 2. The number of halogens is 1. The number of carbonyl (C=O) groups excluding carboxylic acids is 3. The molecule has 2 aromatic carbocycles. The Morgan fingerprint density at radius 1 is 1.17 bits per heavy atom. The molecule has 0 aromatic heterocycles. The summed E-state index contributed by atoms with van der Waals surface area (Å²) >= 11 is 5.08. The maximum atomic E-state index is 13.7. The van der Waals surface area contributed by atoms with Crippen molar-refractivity contribution in [2.45, 2.75) is 0 Å². The Labute approximate surface area is 170 Å². The number of hydrogen-bond donors (Lipinski definition) is 2. The largest absolute Gasteiger partial charge is 0.319 e. The van der Waals surface area contributed by atoms with Gasteiger partial charge in [0.25, 0.3) is 5.91 Å². The highest BCUT2D eigenvalue weighted by atomic mass is 32.1. The summed E-state index contributed by atoms with van der Waals surface area (Å²) in [5.41, 5.74) is -0.219. The second kappa shape index (κ2) is 8.41. The van der Waals surface area contributed by atoms with Crippen molar-refractivity contribution >= 4 is 46.4 Å². The molecule has 29 heavy (non-hydrogen) atoms. The lowest BCUT2D eigenvalue weighted by atomic mass is 10.0. The van der Waals surface area contributed by atoms with Crippen LogP contribution in [0, 0.1) is 23.1 Å². The van der Waals surface area contributed by atoms with Crippen LogP contribution in [0.5, 0.6) is 0 Å². The number of para-hydroxylation sites is 2. The first-order chi connectivity index (χ1) is 13.9. The van der Waals surface area contributed by atoms with Crippen molar-refractivity contribution in [3.63, 3.8) is 0 Å². The summed E-state index contributed by atoms with van der Waals surface area (Å²) in [6.07, 6.45) is 0.936. The van der Waals surface area contributed by atoms with Gasteiger partial charge < -0.3 is 10.6 Å². The van der Waals surface area contributed by atoms with Crippen LogP contribution in [-0.4, -0.2) is 22.8 Å². The third-order valence-corrected chi connectivity index (χ3v) is 4.32. The summed E-state index contributed by atoms with van der Waals surface area (Å²) in [7, 11) is 0. The van der Waals surface area contributed by atoms with Gasteiger partial charge >= 0.3 is 0 Å². The van der Waals surface area contributed by atoms with Gasteiger partial charge in [-0.15, -0.1) is 0 Å². The second-order valence-corrected chi connectivity index (χ2v) is 6.29. The summed E-state index contributed by atoms with van der Waals surface area (Å²) in [6, 6.07) is 15.4. The molecule has 1 heterocycles. The molecule has 0 unspecified atom stereocenters. The lowest BCUT2D eigenvalue weighted by Crippen LogP contribution is -2.57. The van der Waals surface area contributed by atoms with Crippen molar-refractivity contribution in [3.05, 3.63) is 72.1 Å². The van der Waals surface area contributed by atoms with Crippen LogP contribution >= 0.6 is 12.2 Å². The number of nitrogens with zero attached hydrogens (tertiary/aromatic N) is 2. The smallest absolute Gasteiger partial charge is 0.266 e. The monoisotopic (exact) mass is 408 g/mol. The van der Waals surface area contributed by atoms with Gasteiger partial charge in [-0.2, -0.15) is 5.26 Å². The molecule has 0 aliphatic carbocycles. The van der Waals surface area contributed by atoms with Gasteiger partial charge in [0.2, 0.25) is 11.8 Å². The van der Waals surface area contributed by atoms with E-state index in [9.17, 15) is 24.0 Å². The van der Waals surface area contributed by atoms with Crippen molar-refractivity contribution in [2.24, 2.45) is 5.92 Å². The molecule has 3 rings (SSSR count). The minimum Gasteiger partial charge on any atom is -0.319 e. The molecule has 1 atom stereocenters. The van der Waals surface area contributed by atoms with Crippen LogP contribution in [0.1, 0.15) is 0 Å². The molecule has 1 aliphatic heterocycles. The summed E-state index contributed by atoms with van der Waals surface area (Å²) in [4.78, 5) is 38.6. The van der Waals surface area contributed by atoms with E-state index < -0.39 is 35.0 Å². The predicted molar refractivity (Wildman–Crippen MR) is 107 cm³/mol. The Balaban J connectivity index is 1.89. The Morgan fingerprint density at radius 3 is 2.48 bits per heavy atom. The second-order valence-electron chi connectivity index (χ2n) is 5.91. The summed E-state index contributed by atoms with van der Waals surface area (Å²) in [5, 5.41) is 13.9. The number of carbonyl (C=O) groups is 3. The third kappa shape index (κ3) is 4.17. The van der Waals surface area contributed by atoms with Crippen molar-refractivity contribution in [1.82, 2.24) is 5.32 Å². The van der Waals surface area contributed by atoms with Gasteiger partial charge in [-0.25, -0.2) is 4.39 Å². The van der Waals surface area contributed by atoms with Crippen LogP contribution in [0.4, 0.5) is 15.8 Å². The first-order valence-electron chi connectivity index (χ1n) is 8.34. The molecule has 9 heteroatoms. The fraction of sp³-hybridized carbons (Fsp3) is 0.0500. The molecular weight excluding hydrogens is 395 g/mol. The molecule has 1 saturated heterocycles. The van der Waals surface area contributed by atoms with Crippen molar-refractivity contribution in [2.75, 3.05) is 10.2 Å². The van der Waals surface area contributed by atoms with E-state index in [2.05, 4.69) is 10.6 Å². The number of hydrogen-bond acceptors (Lipinski definition) is 5. The summed E-state index contributed by atoms with van der Waals surface area (Å²) in [5.74, 6) is -4.57. The number of nitrogens with one attached hydrogen (secondary N) is 2. The summed E-state index contributed by atoms with van der Waals surface area (Å²) in [6.45, 7) is 0. The summed E-state index contributed by atoms with van der Waals surface area (Å²) < 4.78 is 13.7. The Morgan fingerprint density at radius 2 is 1.83 bits per heavy atom. The van der Waals surface area contributed by atoms with Gasteiger partial charge in [-0.05, 0) is 42.6 Å². The van der Waals surface area contributed by atoms with E-state index >= 15 is 0 Å². The topological polar surface area (TPSA) is 102 Å². The Hall–Kier alpha value is -3.90. The fourth-order valence-corrected chi connectivity index (χ4v) is 2.94. The number of amides is 3. The standard InChI is InChI=1S/C20H13FN4O3S/c21-15-8-4-5-9-16(15)23-17(26)12(11-22)10-14-18(27)24-20(29)25(19(14)28)13-6-2-1-3-7-13/h1-10,14H,(H,23,26)(H,24,27,29)/b12-10-/t14-/m1/s1. The van der Waals surface area contributed by atoms with E-state index in [0.29, 0.717) is 5.69 Å². The number of nitriles is 1. The van der Waals surface area contributed by atoms with Gasteiger partial charge in [0.15, 0.2) is 5.11 Å². The highest BCUT2D eigenvalue weighted by Gasteiger charge is 2.38. The minimum absolute atomic E-state index is 0.106. The van der Waals surface area contributed by atoms with Crippen LogP contribution in [0.15, 0.2) is 66.2 Å². The molecule has 2 N–H and O–H groups in total. The quantitative estimate of drug-likeness (QED) is 0.350. The van der Waals surface area contributed by atoms with Gasteiger partial charge in [0.1, 0.15) is 23.4 Å². The zero-order valence-corrected chi connectivity index (χ0v) is 15.6. The van der Waals surface area contributed by atoms with E-state index in [0.717, 1.165) is 17.0 Å². The molecule has 2 aromatic rings. The zero-order valence-electron chi connectivity index (χ0n) is 14.8. The molecule has 1 fully saturated rings. The molecular formula is C20H13FN4O3S. The highest BCUT2D eigenvalue weighted by Crippen LogP contribution is 2.22. The van der Waals surface area contributed by atoms with Crippen molar-refractivity contribution in [1.29, 1.82) is 5.26 Å². The lowest BCUT2D eigenvalue weighted by molar-refractivity contribution is -0.131. The maximum Gasteiger partial charge on any atom is 0.266 e. The lowest BCUT2D eigenvalue weighted by Gasteiger charge is -2.31. The average molecular weight is 408 g/mol. The van der Waals surface area contributed by atoms with Gasteiger partial charge in [0.05, 0.1) is 11.4 Å². The molecule has 7 nitrogen and oxygen atoms in total. The molecule has 1 aliphatic rings. The van der Waals surface area contributed by atoms with Crippen molar-refractivity contribution < 1.29 is 18.8 Å². The van der Waals surface area contributed by atoms with Crippen LogP contribution in [0.25, 0.3) is 0 Å². The fourth-order valence-electron chi connectivity index (χ4n) is 2.64. The molecule has 0 saturated carbocycles. The van der Waals surface area contributed by atoms with E-state index in [4.69, 9.17) is 12.2 Å². The van der Waals surface area contributed by atoms with Gasteiger partial charge in [0, 0.05) is 0 Å². The van der Waals surface area contributed by atoms with E-state index in [1.54, 1.807) is 36.4 Å². The molecule has 3 amide bonds. The van der Waals surface area contributed by atoms with Gasteiger partial charge in [-0.3, -0.25) is 19.3 Å². The average Bonchev–Trinajstić information content (AvgIpc) is 2.70. The van der Waals surface area contributed by atoms with E-state index in [1.807, 2.05) is 0 Å². The number of anilines is 2. The van der Waals surface area contributed by atoms with Crippen molar-refractivity contribution in [3.8, 4) is 6.07 Å². The number of rotatable bonds is 4. The number of thiocarbonyl (C=S) groups is 1. The SMILES string of the molecule is N#C/C(=C/[C@@H]1C(=O)NC(=S)N(c2ccccc2)C1=O)C(=O)Nc1ccccc1F. The molecule has 0 radical (unpaired) electrons. The Bertz CT molecular complexity index is 1080. The molecule has 0 bridgehead atoms. The van der Waals surface area contributed by atoms with E-state index in [-0.39, 0.29) is 10.8 Å². The minimum atomic E-state index is -1.46. The third-order valence-electron chi connectivity index (χ3n) is 4.04. The molecule has 0 spiro atoms. The highest BCUT2D eigenvalue weighted by molar-refractivity contribution is 7.80. The maximum absolute atomic E-state index is 13.7. The molecule has 144 valence electrons. The first kappa shape index (κ1) is 19.9. The zero-order chi connectivity index (χ0) is 21.0. The predicted octanol–water partition coefficient (Wildman–Crippen LogP) is 2.28. The van der Waals surface area contributed by atoms with Crippen LogP contribution < -0.4 is 15.5 Å². The van der Waals surface area contributed by atoms with Crippen LogP contribution in [0.2, 0.25) is 0 Å². The first-order valence-corrected chi connectivity index (χ1v) is 8.75. The van der Waals surface area contributed by atoms with E-state index in [1.165, 1.54) is 18.2 Å². The van der Waals surface area contributed by atoms with Crippen LogP contribution in [-0.2, 0) is 14.4 Å². The van der Waals surface area contributed by atoms with Crippen LogP contribution in [0.3, 0.4) is 0 Å². The normalized spacial score (nSPS) is 16.8. The van der Waals surface area contributed by atoms with Gasteiger partial charge in [-0.1, -0.05) is 30.3 Å². The Kier molecular flexibility index (Phi) is 5.76.